The second kappa shape index (κ2) is 6.45. The number of thiazole rings is 1. The number of likely N-dealkylation sites (tertiary alicyclic amines) is 1. The maximum atomic E-state index is 6.06. The summed E-state index contributed by atoms with van der Waals surface area (Å²) in [6, 6.07) is 8.31. The Morgan fingerprint density at radius 3 is 2.62 bits per heavy atom. The molecule has 0 bridgehead atoms. The van der Waals surface area contributed by atoms with E-state index in [-0.39, 0.29) is 0 Å². The molecule has 2 aromatic rings. The number of anilines is 1. The van der Waals surface area contributed by atoms with Crippen molar-refractivity contribution in [3.05, 3.63) is 40.9 Å². The first-order valence-electron chi connectivity index (χ1n) is 7.35. The minimum atomic E-state index is 0.329. The van der Waals surface area contributed by atoms with E-state index in [4.69, 9.17) is 10.5 Å². The van der Waals surface area contributed by atoms with E-state index in [1.807, 2.05) is 6.20 Å². The zero-order valence-electron chi connectivity index (χ0n) is 12.3. The van der Waals surface area contributed by atoms with Gasteiger partial charge in [0.05, 0.1) is 0 Å². The Morgan fingerprint density at radius 2 is 2.00 bits per heavy atom. The molecule has 0 saturated carbocycles. The Kier molecular flexibility index (Phi) is 4.41. The number of aryl methyl sites for hydroxylation is 1. The van der Waals surface area contributed by atoms with Crippen LogP contribution in [0.15, 0.2) is 30.5 Å². The Balaban J connectivity index is 1.47. The number of nitrogen functional groups attached to an aromatic ring is 1. The van der Waals surface area contributed by atoms with Crippen molar-refractivity contribution in [3.8, 4) is 5.75 Å². The monoisotopic (exact) mass is 303 g/mol. The second-order valence-electron chi connectivity index (χ2n) is 5.57. The fourth-order valence-corrected chi connectivity index (χ4v) is 3.34. The highest BCUT2D eigenvalue weighted by molar-refractivity contribution is 7.15. The highest BCUT2D eigenvalue weighted by Gasteiger charge is 2.21. The molecule has 0 atom stereocenters. The first kappa shape index (κ1) is 14.4. The van der Waals surface area contributed by atoms with Crippen molar-refractivity contribution in [1.29, 1.82) is 0 Å². The molecule has 1 aliphatic rings. The van der Waals surface area contributed by atoms with Gasteiger partial charge in [-0.05, 0) is 31.9 Å². The van der Waals surface area contributed by atoms with E-state index in [1.54, 1.807) is 11.3 Å². The number of benzene rings is 1. The van der Waals surface area contributed by atoms with Crippen LogP contribution in [0.1, 0.15) is 23.3 Å². The molecule has 0 amide bonds. The number of aromatic nitrogens is 1. The quantitative estimate of drug-likeness (QED) is 0.943. The van der Waals surface area contributed by atoms with E-state index in [1.165, 1.54) is 10.4 Å². The van der Waals surface area contributed by atoms with Crippen LogP contribution in [0, 0.1) is 6.92 Å². The molecule has 4 nitrogen and oxygen atoms in total. The molecule has 2 heterocycles. The smallest absolute Gasteiger partial charge is 0.180 e. The van der Waals surface area contributed by atoms with Crippen molar-refractivity contribution in [2.45, 2.75) is 32.4 Å². The van der Waals surface area contributed by atoms with Gasteiger partial charge in [-0.3, -0.25) is 4.90 Å². The van der Waals surface area contributed by atoms with E-state index in [0.29, 0.717) is 11.2 Å². The number of hydrogen-bond donors (Lipinski definition) is 1. The zero-order chi connectivity index (χ0) is 14.7. The van der Waals surface area contributed by atoms with Crippen LogP contribution in [0.5, 0.6) is 5.75 Å². The lowest BCUT2D eigenvalue weighted by Crippen LogP contribution is -2.37. The van der Waals surface area contributed by atoms with Gasteiger partial charge in [0.15, 0.2) is 5.13 Å². The Labute approximate surface area is 129 Å². The molecule has 21 heavy (non-hydrogen) atoms. The van der Waals surface area contributed by atoms with Crippen LogP contribution < -0.4 is 10.5 Å². The Morgan fingerprint density at radius 1 is 1.29 bits per heavy atom. The summed E-state index contributed by atoms with van der Waals surface area (Å²) >= 11 is 1.58. The van der Waals surface area contributed by atoms with Crippen molar-refractivity contribution in [2.75, 3.05) is 18.8 Å². The number of nitrogens with two attached hydrogens (primary N) is 1. The van der Waals surface area contributed by atoms with Gasteiger partial charge in [-0.25, -0.2) is 4.98 Å². The maximum Gasteiger partial charge on any atom is 0.180 e. The molecule has 0 aliphatic carbocycles. The van der Waals surface area contributed by atoms with Crippen molar-refractivity contribution in [2.24, 2.45) is 0 Å². The van der Waals surface area contributed by atoms with E-state index in [9.17, 15) is 0 Å². The SMILES string of the molecule is Cc1ccc(OC2CCN(Cc3cnc(N)s3)CC2)cc1. The van der Waals surface area contributed by atoms with Crippen molar-refractivity contribution >= 4 is 16.5 Å². The highest BCUT2D eigenvalue weighted by Crippen LogP contribution is 2.22. The molecule has 1 saturated heterocycles. The topological polar surface area (TPSA) is 51.4 Å². The minimum absolute atomic E-state index is 0.329. The van der Waals surface area contributed by atoms with Gasteiger partial charge in [0.25, 0.3) is 0 Å². The molecular formula is C16H21N3OS. The first-order chi connectivity index (χ1) is 10.2. The van der Waals surface area contributed by atoms with Crippen LogP contribution >= 0.6 is 11.3 Å². The largest absolute Gasteiger partial charge is 0.490 e. The summed E-state index contributed by atoms with van der Waals surface area (Å²) in [5, 5.41) is 0.655. The van der Waals surface area contributed by atoms with Crippen LogP contribution in [0.4, 0.5) is 5.13 Å². The van der Waals surface area contributed by atoms with Crippen LogP contribution in [-0.4, -0.2) is 29.1 Å². The zero-order valence-corrected chi connectivity index (χ0v) is 13.1. The Bertz CT molecular complexity index is 573. The molecule has 5 heteroatoms. The molecule has 0 radical (unpaired) electrons. The molecule has 0 spiro atoms. The Hall–Kier alpha value is -1.59. The summed E-state index contributed by atoms with van der Waals surface area (Å²) in [7, 11) is 0. The van der Waals surface area contributed by atoms with Crippen molar-refractivity contribution in [3.63, 3.8) is 0 Å². The fourth-order valence-electron chi connectivity index (χ4n) is 2.61. The number of hydrogen-bond acceptors (Lipinski definition) is 5. The normalized spacial score (nSPS) is 17.0. The lowest BCUT2D eigenvalue weighted by molar-refractivity contribution is 0.0973. The summed E-state index contributed by atoms with van der Waals surface area (Å²) in [6.07, 6.45) is 4.36. The average molecular weight is 303 g/mol. The second-order valence-corrected chi connectivity index (χ2v) is 6.72. The third kappa shape index (κ3) is 3.95. The number of nitrogens with zero attached hydrogens (tertiary/aromatic N) is 2. The molecule has 112 valence electrons. The summed E-state index contributed by atoms with van der Waals surface area (Å²) in [5.74, 6) is 0.981. The fraction of sp³-hybridized carbons (Fsp3) is 0.438. The number of ether oxygens (including phenoxy) is 1. The maximum absolute atomic E-state index is 6.06. The standard InChI is InChI=1S/C16H21N3OS/c1-12-2-4-13(5-3-12)20-14-6-8-19(9-7-14)11-15-10-18-16(17)21-15/h2-5,10,14H,6-9,11H2,1H3,(H2,17,18). The predicted molar refractivity (Wildman–Crippen MR) is 86.6 cm³/mol. The van der Waals surface area contributed by atoms with Crippen molar-refractivity contribution < 1.29 is 4.74 Å². The molecule has 1 aliphatic heterocycles. The van der Waals surface area contributed by atoms with E-state index in [0.717, 1.165) is 38.2 Å². The van der Waals surface area contributed by atoms with Gasteiger partial charge in [-0.15, -0.1) is 11.3 Å². The van der Waals surface area contributed by atoms with E-state index >= 15 is 0 Å². The third-order valence-electron chi connectivity index (χ3n) is 3.81. The predicted octanol–water partition coefficient (Wildman–Crippen LogP) is 3.08. The molecule has 1 aromatic heterocycles. The minimum Gasteiger partial charge on any atom is -0.490 e. The first-order valence-corrected chi connectivity index (χ1v) is 8.16. The van der Waals surface area contributed by atoms with E-state index in [2.05, 4.69) is 41.1 Å². The molecule has 2 N–H and O–H groups in total. The number of rotatable bonds is 4. The highest BCUT2D eigenvalue weighted by atomic mass is 32.1. The van der Waals surface area contributed by atoms with Crippen LogP contribution in [-0.2, 0) is 6.54 Å². The molecule has 1 fully saturated rings. The molecular weight excluding hydrogens is 282 g/mol. The molecule has 0 unspecified atom stereocenters. The molecule has 3 rings (SSSR count). The summed E-state index contributed by atoms with van der Waals surface area (Å²) < 4.78 is 6.06. The van der Waals surface area contributed by atoms with Crippen LogP contribution in [0.2, 0.25) is 0 Å². The van der Waals surface area contributed by atoms with Gasteiger partial charge >= 0.3 is 0 Å². The van der Waals surface area contributed by atoms with Gasteiger partial charge in [0.1, 0.15) is 11.9 Å². The van der Waals surface area contributed by atoms with Gasteiger partial charge in [-0.2, -0.15) is 0 Å². The summed E-state index contributed by atoms with van der Waals surface area (Å²) in [5.41, 5.74) is 6.94. The lowest BCUT2D eigenvalue weighted by atomic mass is 10.1. The average Bonchev–Trinajstić information content (AvgIpc) is 2.89. The van der Waals surface area contributed by atoms with Gasteiger partial charge < -0.3 is 10.5 Å². The van der Waals surface area contributed by atoms with Gasteiger partial charge in [0, 0.05) is 30.7 Å². The van der Waals surface area contributed by atoms with Crippen LogP contribution in [0.25, 0.3) is 0 Å². The van der Waals surface area contributed by atoms with Crippen LogP contribution in [0.3, 0.4) is 0 Å². The third-order valence-corrected chi connectivity index (χ3v) is 4.62. The van der Waals surface area contributed by atoms with Gasteiger partial charge in [0.2, 0.25) is 0 Å². The lowest BCUT2D eigenvalue weighted by Gasteiger charge is -2.31. The van der Waals surface area contributed by atoms with E-state index < -0.39 is 0 Å². The molecule has 1 aromatic carbocycles. The summed E-state index contributed by atoms with van der Waals surface area (Å²) in [6.45, 7) is 5.17. The number of piperidine rings is 1. The van der Waals surface area contributed by atoms with Gasteiger partial charge in [-0.1, -0.05) is 17.7 Å². The summed E-state index contributed by atoms with van der Waals surface area (Å²) in [4.78, 5) is 7.79. The van der Waals surface area contributed by atoms with Crippen molar-refractivity contribution in [1.82, 2.24) is 9.88 Å².